The van der Waals surface area contributed by atoms with Crippen LogP contribution < -0.4 is 4.74 Å². The topological polar surface area (TPSA) is 60.2 Å². The van der Waals surface area contributed by atoms with Gasteiger partial charge in [-0.1, -0.05) is 12.1 Å². The number of carbonyl (C=O) groups excluding carboxylic acids is 1. The third-order valence-electron chi connectivity index (χ3n) is 4.55. The minimum Gasteiger partial charge on any atom is -0.495 e. The zero-order valence-electron chi connectivity index (χ0n) is 15.9. The summed E-state index contributed by atoms with van der Waals surface area (Å²) in [5.41, 5.74) is 2.52. The zero-order chi connectivity index (χ0) is 19.2. The number of methoxy groups -OCH3 is 1. The molecule has 1 aromatic carbocycles. The van der Waals surface area contributed by atoms with Gasteiger partial charge in [0.25, 0.3) is 5.91 Å². The summed E-state index contributed by atoms with van der Waals surface area (Å²) in [7, 11) is 5.43. The molecule has 0 aliphatic carbocycles. The normalized spacial score (nSPS) is 10.6. The Kier molecular flexibility index (Phi) is 5.86. The first kappa shape index (κ1) is 18.6. The van der Waals surface area contributed by atoms with Crippen molar-refractivity contribution in [2.45, 2.75) is 12.8 Å². The molecular formula is C21H24N4O2. The quantitative estimate of drug-likeness (QED) is 0.646. The van der Waals surface area contributed by atoms with Gasteiger partial charge < -0.3 is 14.2 Å². The fourth-order valence-electron chi connectivity index (χ4n) is 2.95. The molecule has 0 unspecified atom stereocenters. The molecule has 0 atom stereocenters. The molecule has 0 saturated heterocycles. The van der Waals surface area contributed by atoms with Crippen molar-refractivity contribution in [3.05, 3.63) is 66.5 Å². The molecule has 6 heteroatoms. The van der Waals surface area contributed by atoms with Crippen LogP contribution in [0.1, 0.15) is 22.6 Å². The van der Waals surface area contributed by atoms with Crippen LogP contribution >= 0.6 is 0 Å². The molecule has 0 spiro atoms. The SMILES string of the molecule is COc1cncc(-c2cccc(C(=O)N(C)CCCc3nccn3C)c2)c1. The standard InChI is InChI=1S/C21H24N4O2/c1-24-11-9-23-20(24)8-5-10-25(2)21(26)17-7-4-6-16(12-17)18-13-19(27-3)15-22-14-18/h4,6-7,9,11-15H,5,8,10H2,1-3H3. The molecule has 0 aliphatic heterocycles. The lowest BCUT2D eigenvalue weighted by molar-refractivity contribution is 0.0793. The molecule has 140 valence electrons. The Hall–Kier alpha value is -3.15. The monoisotopic (exact) mass is 364 g/mol. The first-order valence-corrected chi connectivity index (χ1v) is 8.89. The van der Waals surface area contributed by atoms with Gasteiger partial charge in [0.2, 0.25) is 0 Å². The van der Waals surface area contributed by atoms with Crippen LogP contribution in [0.2, 0.25) is 0 Å². The Morgan fingerprint density at radius 2 is 2.07 bits per heavy atom. The van der Waals surface area contributed by atoms with Crippen molar-refractivity contribution < 1.29 is 9.53 Å². The second-order valence-corrected chi connectivity index (χ2v) is 6.48. The third kappa shape index (κ3) is 4.53. The third-order valence-corrected chi connectivity index (χ3v) is 4.55. The van der Waals surface area contributed by atoms with E-state index in [0.29, 0.717) is 17.9 Å². The van der Waals surface area contributed by atoms with Crippen molar-refractivity contribution in [3.63, 3.8) is 0 Å². The maximum atomic E-state index is 12.8. The van der Waals surface area contributed by atoms with Crippen molar-refractivity contribution >= 4 is 5.91 Å². The van der Waals surface area contributed by atoms with Gasteiger partial charge >= 0.3 is 0 Å². The Morgan fingerprint density at radius 3 is 2.81 bits per heavy atom. The van der Waals surface area contributed by atoms with Gasteiger partial charge in [-0.15, -0.1) is 0 Å². The number of carbonyl (C=O) groups is 1. The summed E-state index contributed by atoms with van der Waals surface area (Å²) in [4.78, 5) is 23.0. The molecule has 3 rings (SSSR count). The number of rotatable bonds is 7. The smallest absolute Gasteiger partial charge is 0.253 e. The van der Waals surface area contributed by atoms with E-state index in [4.69, 9.17) is 4.74 Å². The highest BCUT2D eigenvalue weighted by molar-refractivity contribution is 5.95. The molecule has 0 saturated carbocycles. The summed E-state index contributed by atoms with van der Waals surface area (Å²) in [6.45, 7) is 0.677. The average Bonchev–Trinajstić information content (AvgIpc) is 3.12. The van der Waals surface area contributed by atoms with Gasteiger partial charge in [-0.25, -0.2) is 4.98 Å². The van der Waals surface area contributed by atoms with Gasteiger partial charge in [-0.3, -0.25) is 9.78 Å². The van der Waals surface area contributed by atoms with Gasteiger partial charge in [0, 0.05) is 56.8 Å². The molecule has 0 radical (unpaired) electrons. The number of pyridine rings is 1. The summed E-state index contributed by atoms with van der Waals surface area (Å²) >= 11 is 0. The van der Waals surface area contributed by atoms with Crippen LogP contribution in [0, 0.1) is 0 Å². The van der Waals surface area contributed by atoms with E-state index in [-0.39, 0.29) is 5.91 Å². The van der Waals surface area contributed by atoms with Crippen molar-refractivity contribution in [2.75, 3.05) is 20.7 Å². The molecular weight excluding hydrogens is 340 g/mol. The number of nitrogens with zero attached hydrogens (tertiary/aromatic N) is 4. The van der Waals surface area contributed by atoms with Gasteiger partial charge in [-0.05, 0) is 30.2 Å². The molecule has 3 aromatic rings. The Labute approximate surface area is 159 Å². The second kappa shape index (κ2) is 8.49. The zero-order valence-corrected chi connectivity index (χ0v) is 15.9. The number of hydrogen-bond donors (Lipinski definition) is 0. The minimum absolute atomic E-state index is 0.00699. The lowest BCUT2D eigenvalue weighted by Crippen LogP contribution is -2.28. The fraction of sp³-hybridized carbons (Fsp3) is 0.286. The van der Waals surface area contributed by atoms with E-state index in [1.807, 2.05) is 55.2 Å². The summed E-state index contributed by atoms with van der Waals surface area (Å²) in [6.07, 6.45) is 8.87. The fourth-order valence-corrected chi connectivity index (χ4v) is 2.95. The van der Waals surface area contributed by atoms with E-state index in [2.05, 4.69) is 9.97 Å². The van der Waals surface area contributed by atoms with Crippen LogP contribution in [-0.4, -0.2) is 46.0 Å². The molecule has 2 aromatic heterocycles. The van der Waals surface area contributed by atoms with E-state index in [1.54, 1.807) is 30.6 Å². The molecule has 6 nitrogen and oxygen atoms in total. The van der Waals surface area contributed by atoms with Crippen LogP contribution in [0.5, 0.6) is 5.75 Å². The van der Waals surface area contributed by atoms with Crippen molar-refractivity contribution in [2.24, 2.45) is 7.05 Å². The molecule has 27 heavy (non-hydrogen) atoms. The summed E-state index contributed by atoms with van der Waals surface area (Å²) in [5.74, 6) is 1.73. The molecule has 0 bridgehead atoms. The Bertz CT molecular complexity index is 920. The summed E-state index contributed by atoms with van der Waals surface area (Å²) < 4.78 is 7.24. The predicted octanol–water partition coefficient (Wildman–Crippen LogP) is 3.20. The van der Waals surface area contributed by atoms with Crippen LogP contribution in [0.3, 0.4) is 0 Å². The van der Waals surface area contributed by atoms with E-state index in [1.165, 1.54) is 0 Å². The molecule has 1 amide bonds. The Balaban J connectivity index is 1.66. The maximum absolute atomic E-state index is 12.8. The van der Waals surface area contributed by atoms with Crippen molar-refractivity contribution in [3.8, 4) is 16.9 Å². The summed E-state index contributed by atoms with van der Waals surface area (Å²) in [6, 6.07) is 9.51. The highest BCUT2D eigenvalue weighted by Crippen LogP contribution is 2.23. The lowest BCUT2D eigenvalue weighted by Gasteiger charge is -2.17. The van der Waals surface area contributed by atoms with Gasteiger partial charge in [-0.2, -0.15) is 0 Å². The lowest BCUT2D eigenvalue weighted by atomic mass is 10.0. The van der Waals surface area contributed by atoms with Crippen LogP contribution in [0.4, 0.5) is 0 Å². The molecule has 2 heterocycles. The highest BCUT2D eigenvalue weighted by Gasteiger charge is 2.13. The van der Waals surface area contributed by atoms with E-state index < -0.39 is 0 Å². The van der Waals surface area contributed by atoms with E-state index >= 15 is 0 Å². The number of benzene rings is 1. The maximum Gasteiger partial charge on any atom is 0.253 e. The van der Waals surface area contributed by atoms with Gasteiger partial charge in [0.1, 0.15) is 11.6 Å². The summed E-state index contributed by atoms with van der Waals surface area (Å²) in [5, 5.41) is 0. The first-order valence-electron chi connectivity index (χ1n) is 8.89. The van der Waals surface area contributed by atoms with Crippen LogP contribution in [0.25, 0.3) is 11.1 Å². The minimum atomic E-state index is 0.00699. The predicted molar refractivity (Wildman–Crippen MR) is 105 cm³/mol. The number of hydrogen-bond acceptors (Lipinski definition) is 4. The number of amides is 1. The van der Waals surface area contributed by atoms with Crippen LogP contribution in [0.15, 0.2) is 55.1 Å². The van der Waals surface area contributed by atoms with Gasteiger partial charge in [0.15, 0.2) is 0 Å². The van der Waals surface area contributed by atoms with E-state index in [9.17, 15) is 4.79 Å². The number of aryl methyl sites for hydroxylation is 2. The number of imidazole rings is 1. The molecule has 0 fully saturated rings. The molecule has 0 aliphatic rings. The first-order chi connectivity index (χ1) is 13.1. The van der Waals surface area contributed by atoms with Crippen molar-refractivity contribution in [1.29, 1.82) is 0 Å². The Morgan fingerprint density at radius 1 is 1.22 bits per heavy atom. The van der Waals surface area contributed by atoms with Crippen LogP contribution in [-0.2, 0) is 13.5 Å². The average molecular weight is 364 g/mol. The largest absolute Gasteiger partial charge is 0.495 e. The molecule has 0 N–H and O–H groups in total. The van der Waals surface area contributed by atoms with E-state index in [0.717, 1.165) is 29.8 Å². The second-order valence-electron chi connectivity index (χ2n) is 6.48. The van der Waals surface area contributed by atoms with Crippen molar-refractivity contribution in [1.82, 2.24) is 19.4 Å². The van der Waals surface area contributed by atoms with Gasteiger partial charge in [0.05, 0.1) is 13.3 Å². The number of aromatic nitrogens is 3. The highest BCUT2D eigenvalue weighted by atomic mass is 16.5. The number of ether oxygens (including phenoxy) is 1.